The molecule has 0 saturated carbocycles. The highest BCUT2D eigenvalue weighted by atomic mass is 15.3. The van der Waals surface area contributed by atoms with Gasteiger partial charge in [0.05, 0.1) is 6.20 Å². The van der Waals surface area contributed by atoms with Crippen molar-refractivity contribution in [2.24, 2.45) is 0 Å². The Labute approximate surface area is 125 Å². The third-order valence-corrected chi connectivity index (χ3v) is 3.96. The minimum atomic E-state index is 0.417. The zero-order valence-corrected chi connectivity index (χ0v) is 13.7. The van der Waals surface area contributed by atoms with Gasteiger partial charge in [0.2, 0.25) is 0 Å². The lowest BCUT2D eigenvalue weighted by molar-refractivity contribution is 0.521. The summed E-state index contributed by atoms with van der Waals surface area (Å²) in [4.78, 5) is 0. The van der Waals surface area contributed by atoms with Crippen LogP contribution in [0.4, 0.5) is 0 Å². The van der Waals surface area contributed by atoms with Gasteiger partial charge in [-0.25, -0.2) is 0 Å². The summed E-state index contributed by atoms with van der Waals surface area (Å²) in [6.07, 6.45) is 15.2. The molecule has 0 aliphatic carbocycles. The van der Waals surface area contributed by atoms with Crippen molar-refractivity contribution >= 4 is 0 Å². The first-order valence-electron chi connectivity index (χ1n) is 8.53. The highest BCUT2D eigenvalue weighted by molar-refractivity contribution is 5.08. The van der Waals surface area contributed by atoms with Gasteiger partial charge in [0, 0.05) is 24.3 Å². The second-order valence-corrected chi connectivity index (χ2v) is 5.78. The summed E-state index contributed by atoms with van der Waals surface area (Å²) in [5.74, 6) is 0. The maximum atomic E-state index is 4.33. The quantitative estimate of drug-likeness (QED) is 0.562. The van der Waals surface area contributed by atoms with E-state index in [9.17, 15) is 0 Å². The summed E-state index contributed by atoms with van der Waals surface area (Å²) in [5.41, 5.74) is 1.30. The maximum Gasteiger partial charge on any atom is 0.0537 e. The Balaban J connectivity index is 1.98. The Morgan fingerprint density at radius 3 is 2.30 bits per heavy atom. The number of unbranched alkanes of at least 4 members (excludes halogenated alkanes) is 7. The molecular formula is C17H33N3. The molecule has 3 heteroatoms. The normalized spacial score (nSPS) is 12.8. The summed E-state index contributed by atoms with van der Waals surface area (Å²) < 4.78 is 1.99. The summed E-state index contributed by atoms with van der Waals surface area (Å²) in [6, 6.07) is 0.417. The fraction of sp³-hybridized carbons (Fsp3) is 0.824. The molecule has 1 rings (SSSR count). The molecule has 0 fully saturated rings. The van der Waals surface area contributed by atoms with Crippen LogP contribution in [0.2, 0.25) is 0 Å². The zero-order valence-electron chi connectivity index (χ0n) is 13.7. The fourth-order valence-corrected chi connectivity index (χ4v) is 2.47. The Bertz CT molecular complexity index is 333. The number of nitrogens with one attached hydrogen (secondary N) is 1. The lowest BCUT2D eigenvalue weighted by Gasteiger charge is -2.11. The summed E-state index contributed by atoms with van der Waals surface area (Å²) in [6.45, 7) is 8.69. The van der Waals surface area contributed by atoms with Crippen LogP contribution in [-0.4, -0.2) is 16.3 Å². The highest BCUT2D eigenvalue weighted by Gasteiger charge is 2.06. The molecule has 1 aromatic heterocycles. The Morgan fingerprint density at radius 2 is 1.70 bits per heavy atom. The van der Waals surface area contributed by atoms with Crippen molar-refractivity contribution in [3.63, 3.8) is 0 Å². The Kier molecular flexibility index (Phi) is 9.38. The van der Waals surface area contributed by atoms with E-state index in [1.165, 1.54) is 56.9 Å². The Morgan fingerprint density at radius 1 is 1.05 bits per heavy atom. The van der Waals surface area contributed by atoms with Crippen LogP contribution in [0.1, 0.15) is 83.7 Å². The van der Waals surface area contributed by atoms with Gasteiger partial charge in [-0.05, 0) is 26.8 Å². The number of hydrogen-bond donors (Lipinski definition) is 1. The van der Waals surface area contributed by atoms with E-state index in [-0.39, 0.29) is 0 Å². The van der Waals surface area contributed by atoms with E-state index in [1.54, 1.807) is 0 Å². The van der Waals surface area contributed by atoms with Crippen LogP contribution in [0.5, 0.6) is 0 Å². The summed E-state index contributed by atoms with van der Waals surface area (Å²) in [7, 11) is 0. The summed E-state index contributed by atoms with van der Waals surface area (Å²) >= 11 is 0. The van der Waals surface area contributed by atoms with E-state index >= 15 is 0 Å². The number of hydrogen-bond acceptors (Lipinski definition) is 2. The van der Waals surface area contributed by atoms with Gasteiger partial charge in [-0.3, -0.25) is 4.68 Å². The molecule has 0 spiro atoms. The van der Waals surface area contributed by atoms with Gasteiger partial charge in [-0.2, -0.15) is 5.10 Å². The summed E-state index contributed by atoms with van der Waals surface area (Å²) in [5, 5.41) is 7.92. The first-order chi connectivity index (χ1) is 9.77. The number of aromatic nitrogens is 2. The van der Waals surface area contributed by atoms with Crippen LogP contribution >= 0.6 is 0 Å². The van der Waals surface area contributed by atoms with Crippen LogP contribution in [-0.2, 0) is 6.54 Å². The fourth-order valence-electron chi connectivity index (χ4n) is 2.47. The third kappa shape index (κ3) is 7.09. The van der Waals surface area contributed by atoms with Crippen LogP contribution < -0.4 is 5.32 Å². The highest BCUT2D eigenvalue weighted by Crippen LogP contribution is 2.12. The van der Waals surface area contributed by atoms with Gasteiger partial charge in [-0.15, -0.1) is 0 Å². The van der Waals surface area contributed by atoms with E-state index in [2.05, 4.69) is 37.4 Å². The zero-order chi connectivity index (χ0) is 14.6. The lowest BCUT2D eigenvalue weighted by Crippen LogP contribution is -2.19. The van der Waals surface area contributed by atoms with Crippen molar-refractivity contribution in [1.82, 2.24) is 15.1 Å². The Hall–Kier alpha value is -0.830. The van der Waals surface area contributed by atoms with Crippen LogP contribution in [0, 0.1) is 0 Å². The molecule has 116 valence electrons. The third-order valence-electron chi connectivity index (χ3n) is 3.96. The second-order valence-electron chi connectivity index (χ2n) is 5.78. The van der Waals surface area contributed by atoms with E-state index in [1.807, 2.05) is 10.9 Å². The van der Waals surface area contributed by atoms with Crippen LogP contribution in [0.15, 0.2) is 12.4 Å². The molecule has 1 unspecified atom stereocenters. The SMILES string of the molecule is CCCCCCCCCCNC(C)c1cnn(CC)c1. The molecule has 3 nitrogen and oxygen atoms in total. The predicted octanol–water partition coefficient (Wildman–Crippen LogP) is 4.69. The lowest BCUT2D eigenvalue weighted by atomic mass is 10.1. The molecule has 1 heterocycles. The van der Waals surface area contributed by atoms with E-state index in [4.69, 9.17) is 0 Å². The number of rotatable bonds is 12. The molecule has 1 N–H and O–H groups in total. The molecule has 1 atom stereocenters. The van der Waals surface area contributed by atoms with Crippen LogP contribution in [0.3, 0.4) is 0 Å². The van der Waals surface area contributed by atoms with E-state index in [0.717, 1.165) is 13.1 Å². The minimum absolute atomic E-state index is 0.417. The maximum absolute atomic E-state index is 4.33. The van der Waals surface area contributed by atoms with Crippen molar-refractivity contribution < 1.29 is 0 Å². The first kappa shape index (κ1) is 17.2. The van der Waals surface area contributed by atoms with Crippen molar-refractivity contribution in [3.05, 3.63) is 18.0 Å². The van der Waals surface area contributed by atoms with E-state index < -0.39 is 0 Å². The van der Waals surface area contributed by atoms with Gasteiger partial charge in [0.15, 0.2) is 0 Å². The molecule has 0 saturated heterocycles. The molecule has 0 radical (unpaired) electrons. The molecule has 0 aliphatic rings. The molecule has 0 bridgehead atoms. The van der Waals surface area contributed by atoms with E-state index in [0.29, 0.717) is 6.04 Å². The first-order valence-corrected chi connectivity index (χ1v) is 8.53. The van der Waals surface area contributed by atoms with Crippen molar-refractivity contribution in [1.29, 1.82) is 0 Å². The predicted molar refractivity (Wildman–Crippen MR) is 86.9 cm³/mol. The molecule has 0 aliphatic heterocycles. The molecule has 20 heavy (non-hydrogen) atoms. The van der Waals surface area contributed by atoms with Gasteiger partial charge in [-0.1, -0.05) is 51.9 Å². The number of nitrogens with zero attached hydrogens (tertiary/aromatic N) is 2. The van der Waals surface area contributed by atoms with Gasteiger partial charge < -0.3 is 5.32 Å². The topological polar surface area (TPSA) is 29.9 Å². The van der Waals surface area contributed by atoms with Crippen molar-refractivity contribution in [2.45, 2.75) is 84.7 Å². The number of aryl methyl sites for hydroxylation is 1. The van der Waals surface area contributed by atoms with Gasteiger partial charge >= 0.3 is 0 Å². The minimum Gasteiger partial charge on any atom is -0.310 e. The monoisotopic (exact) mass is 279 g/mol. The second kappa shape index (κ2) is 10.9. The average Bonchev–Trinajstić information content (AvgIpc) is 2.94. The molecule has 0 aromatic carbocycles. The van der Waals surface area contributed by atoms with Gasteiger partial charge in [0.25, 0.3) is 0 Å². The molecule has 1 aromatic rings. The van der Waals surface area contributed by atoms with Crippen molar-refractivity contribution in [3.8, 4) is 0 Å². The largest absolute Gasteiger partial charge is 0.310 e. The van der Waals surface area contributed by atoms with Gasteiger partial charge in [0.1, 0.15) is 0 Å². The van der Waals surface area contributed by atoms with Crippen molar-refractivity contribution in [2.75, 3.05) is 6.54 Å². The molecule has 0 amide bonds. The van der Waals surface area contributed by atoms with Crippen LogP contribution in [0.25, 0.3) is 0 Å². The smallest absolute Gasteiger partial charge is 0.0537 e. The standard InChI is InChI=1S/C17H33N3/c1-4-6-7-8-9-10-11-12-13-18-16(3)17-14-19-20(5-2)15-17/h14-16,18H,4-13H2,1-3H3. The molecular weight excluding hydrogens is 246 g/mol. The average molecular weight is 279 g/mol.